The number of pyridine rings is 1. The van der Waals surface area contributed by atoms with Crippen LogP contribution in [0.2, 0.25) is 0 Å². The first-order chi connectivity index (χ1) is 14.7. The molecule has 5 rings (SSSR count). The number of nitrogens with one attached hydrogen (secondary N) is 1. The zero-order chi connectivity index (χ0) is 20.4. The number of hydrogen-bond acceptors (Lipinski definition) is 7. The quantitative estimate of drug-likeness (QED) is 0.814. The molecule has 7 heteroatoms. The van der Waals surface area contributed by atoms with Gasteiger partial charge in [0, 0.05) is 50.8 Å². The zero-order valence-electron chi connectivity index (χ0n) is 17.8. The minimum absolute atomic E-state index is 0.0462. The van der Waals surface area contributed by atoms with Crippen molar-refractivity contribution in [2.24, 2.45) is 5.92 Å². The third-order valence-corrected chi connectivity index (χ3v) is 6.68. The van der Waals surface area contributed by atoms with Gasteiger partial charge in [0.2, 0.25) is 5.95 Å². The van der Waals surface area contributed by atoms with Gasteiger partial charge in [-0.05, 0) is 56.3 Å². The Balaban J connectivity index is 1.30. The Kier molecular flexibility index (Phi) is 5.67. The summed E-state index contributed by atoms with van der Waals surface area (Å²) in [6.07, 6.45) is 7.14. The molecule has 0 radical (unpaired) electrons. The molecule has 2 aromatic rings. The summed E-state index contributed by atoms with van der Waals surface area (Å²) >= 11 is 0. The van der Waals surface area contributed by atoms with Crippen LogP contribution in [0.5, 0.6) is 0 Å². The largest absolute Gasteiger partial charge is 0.381 e. The minimum Gasteiger partial charge on any atom is -0.381 e. The van der Waals surface area contributed by atoms with Crippen LogP contribution in [0.3, 0.4) is 0 Å². The molecule has 0 unspecified atom stereocenters. The molecule has 3 aliphatic rings. The van der Waals surface area contributed by atoms with Crippen LogP contribution in [0, 0.1) is 12.8 Å². The van der Waals surface area contributed by atoms with Gasteiger partial charge in [-0.1, -0.05) is 0 Å². The maximum Gasteiger partial charge on any atom is 0.222 e. The highest BCUT2D eigenvalue weighted by Gasteiger charge is 2.45. The van der Waals surface area contributed by atoms with Crippen LogP contribution in [-0.2, 0) is 28.0 Å². The van der Waals surface area contributed by atoms with Crippen LogP contribution in [0.1, 0.15) is 41.8 Å². The smallest absolute Gasteiger partial charge is 0.222 e. The van der Waals surface area contributed by atoms with Crippen LogP contribution in [0.25, 0.3) is 0 Å². The normalized spacial score (nSPS) is 24.8. The Morgan fingerprint density at radius 1 is 1.23 bits per heavy atom. The van der Waals surface area contributed by atoms with Gasteiger partial charge < -0.3 is 14.8 Å². The molecule has 2 fully saturated rings. The van der Waals surface area contributed by atoms with Crippen molar-refractivity contribution < 1.29 is 9.47 Å². The van der Waals surface area contributed by atoms with Gasteiger partial charge in [-0.25, -0.2) is 9.97 Å². The number of hydrogen-bond donors (Lipinski definition) is 1. The Hall–Kier alpha value is -2.09. The second-order valence-corrected chi connectivity index (χ2v) is 9.06. The van der Waals surface area contributed by atoms with E-state index in [2.05, 4.69) is 33.2 Å². The fourth-order valence-corrected chi connectivity index (χ4v) is 4.99. The van der Waals surface area contributed by atoms with Crippen LogP contribution < -0.4 is 5.32 Å². The van der Waals surface area contributed by atoms with E-state index in [0.29, 0.717) is 12.5 Å². The van der Waals surface area contributed by atoms with Gasteiger partial charge in [-0.2, -0.15) is 0 Å². The third-order valence-electron chi connectivity index (χ3n) is 6.68. The Bertz CT molecular complexity index is 886. The average Bonchev–Trinajstić information content (AvgIpc) is 3.16. The fourth-order valence-electron chi connectivity index (χ4n) is 4.99. The van der Waals surface area contributed by atoms with Crippen molar-refractivity contribution in [3.63, 3.8) is 0 Å². The highest BCUT2D eigenvalue weighted by atomic mass is 16.5. The van der Waals surface area contributed by atoms with E-state index in [1.165, 1.54) is 11.3 Å². The molecule has 0 aliphatic carbocycles. The summed E-state index contributed by atoms with van der Waals surface area (Å²) in [6.45, 7) is 8.96. The van der Waals surface area contributed by atoms with Gasteiger partial charge in [0.15, 0.2) is 0 Å². The number of aryl methyl sites for hydroxylation is 1. The summed E-state index contributed by atoms with van der Waals surface area (Å²) in [7, 11) is 0. The summed E-state index contributed by atoms with van der Waals surface area (Å²) in [6, 6.07) is 4.22. The zero-order valence-corrected chi connectivity index (χ0v) is 17.8. The van der Waals surface area contributed by atoms with Gasteiger partial charge in [0.05, 0.1) is 30.0 Å². The molecule has 7 nitrogen and oxygen atoms in total. The van der Waals surface area contributed by atoms with E-state index in [-0.39, 0.29) is 5.41 Å². The first-order valence-electron chi connectivity index (χ1n) is 11.1. The first-order valence-corrected chi connectivity index (χ1v) is 11.1. The van der Waals surface area contributed by atoms with Crippen molar-refractivity contribution in [2.75, 3.05) is 44.8 Å². The molecule has 0 aromatic carbocycles. The lowest BCUT2D eigenvalue weighted by Crippen LogP contribution is -2.40. The Labute approximate surface area is 178 Å². The molecule has 2 aromatic heterocycles. The SMILES string of the molecule is Cc1ccnc(CN2CC[C@@]3(COCc4cnc(NCC5CCOCC5)nc43)C2)c1. The summed E-state index contributed by atoms with van der Waals surface area (Å²) in [5, 5.41) is 3.49. The molecule has 2 saturated heterocycles. The van der Waals surface area contributed by atoms with Gasteiger partial charge in [-0.3, -0.25) is 9.88 Å². The predicted octanol–water partition coefficient (Wildman–Crippen LogP) is 2.69. The number of fused-ring (bicyclic) bond motifs is 2. The molecule has 1 N–H and O–H groups in total. The number of ether oxygens (including phenoxy) is 2. The fraction of sp³-hybridized carbons (Fsp3) is 0.609. The lowest BCUT2D eigenvalue weighted by Gasteiger charge is -2.34. The molecule has 0 bridgehead atoms. The van der Waals surface area contributed by atoms with Crippen LogP contribution in [0.15, 0.2) is 24.5 Å². The number of rotatable bonds is 5. The molecule has 5 heterocycles. The van der Waals surface area contributed by atoms with E-state index in [4.69, 9.17) is 14.5 Å². The van der Waals surface area contributed by atoms with Crippen molar-refractivity contribution in [1.82, 2.24) is 19.9 Å². The summed E-state index contributed by atoms with van der Waals surface area (Å²) < 4.78 is 11.5. The van der Waals surface area contributed by atoms with E-state index in [0.717, 1.165) is 82.5 Å². The van der Waals surface area contributed by atoms with Crippen LogP contribution in [0.4, 0.5) is 5.95 Å². The first kappa shape index (κ1) is 19.8. The maximum atomic E-state index is 5.99. The van der Waals surface area contributed by atoms with Crippen molar-refractivity contribution in [3.8, 4) is 0 Å². The molecule has 3 aliphatic heterocycles. The van der Waals surface area contributed by atoms with Gasteiger partial charge in [0.1, 0.15) is 0 Å². The average molecular weight is 410 g/mol. The number of aromatic nitrogens is 3. The molecular weight excluding hydrogens is 378 g/mol. The third kappa shape index (κ3) is 4.19. The molecule has 0 amide bonds. The summed E-state index contributed by atoms with van der Waals surface area (Å²) in [4.78, 5) is 16.6. The molecular formula is C23H31N5O2. The molecule has 1 spiro atoms. The minimum atomic E-state index is -0.0462. The molecule has 0 saturated carbocycles. The Morgan fingerprint density at radius 3 is 3.00 bits per heavy atom. The standard InChI is InChI=1S/C23H31N5O2/c1-17-2-6-24-20(10-17)13-28-7-5-23(15-28)16-30-14-19-12-26-22(27-21(19)23)25-11-18-3-8-29-9-4-18/h2,6,10,12,18H,3-5,7-9,11,13-16H2,1H3,(H,25,26,27)/t23-/m0/s1. The molecule has 160 valence electrons. The van der Waals surface area contributed by atoms with Crippen LogP contribution in [-0.4, -0.2) is 59.3 Å². The van der Waals surface area contributed by atoms with E-state index in [9.17, 15) is 0 Å². The lowest BCUT2D eigenvalue weighted by molar-refractivity contribution is 0.0502. The highest BCUT2D eigenvalue weighted by Crippen LogP contribution is 2.39. The van der Waals surface area contributed by atoms with Crippen molar-refractivity contribution in [1.29, 1.82) is 0 Å². The second kappa shape index (κ2) is 8.57. The predicted molar refractivity (Wildman–Crippen MR) is 114 cm³/mol. The second-order valence-electron chi connectivity index (χ2n) is 9.06. The molecule has 30 heavy (non-hydrogen) atoms. The van der Waals surface area contributed by atoms with Gasteiger partial charge in [0.25, 0.3) is 0 Å². The number of anilines is 1. The Morgan fingerprint density at radius 2 is 2.13 bits per heavy atom. The van der Waals surface area contributed by atoms with Crippen molar-refractivity contribution in [3.05, 3.63) is 47.0 Å². The maximum absolute atomic E-state index is 5.99. The van der Waals surface area contributed by atoms with E-state index in [1.54, 1.807) is 0 Å². The monoisotopic (exact) mass is 409 g/mol. The summed E-state index contributed by atoms with van der Waals surface area (Å²) in [5.41, 5.74) is 4.65. The number of nitrogens with zero attached hydrogens (tertiary/aromatic N) is 4. The van der Waals surface area contributed by atoms with Crippen molar-refractivity contribution in [2.45, 2.75) is 44.8 Å². The topological polar surface area (TPSA) is 72.4 Å². The van der Waals surface area contributed by atoms with Crippen LogP contribution >= 0.6 is 0 Å². The van der Waals surface area contributed by atoms with E-state index >= 15 is 0 Å². The van der Waals surface area contributed by atoms with Gasteiger partial charge >= 0.3 is 0 Å². The lowest BCUT2D eigenvalue weighted by atomic mass is 9.80. The van der Waals surface area contributed by atoms with Gasteiger partial charge in [-0.15, -0.1) is 0 Å². The number of likely N-dealkylation sites (tertiary alicyclic amines) is 1. The molecule has 1 atom stereocenters. The summed E-state index contributed by atoms with van der Waals surface area (Å²) in [5.74, 6) is 1.39. The van der Waals surface area contributed by atoms with Crippen molar-refractivity contribution >= 4 is 5.95 Å². The van der Waals surface area contributed by atoms with E-state index in [1.807, 2.05) is 18.5 Å². The van der Waals surface area contributed by atoms with E-state index < -0.39 is 0 Å². The highest BCUT2D eigenvalue weighted by molar-refractivity contribution is 5.36.